The van der Waals surface area contributed by atoms with Crippen LogP contribution in [0.25, 0.3) is 0 Å². The second-order valence-electron chi connectivity index (χ2n) is 5.79. The third kappa shape index (κ3) is 2.47. The van der Waals surface area contributed by atoms with Gasteiger partial charge in [0.2, 0.25) is 0 Å². The monoisotopic (exact) mass is 279 g/mol. The van der Waals surface area contributed by atoms with Gasteiger partial charge in [-0.1, -0.05) is 43.4 Å². The molecule has 100 valence electrons. The van der Waals surface area contributed by atoms with Crippen molar-refractivity contribution in [1.29, 1.82) is 0 Å². The molecule has 1 aromatic carbocycles. The molecule has 2 rings (SSSR count). The van der Waals surface area contributed by atoms with Crippen molar-refractivity contribution in [1.82, 2.24) is 4.23 Å². The van der Waals surface area contributed by atoms with Gasteiger partial charge in [-0.25, -0.2) is 0 Å². The van der Waals surface area contributed by atoms with Crippen LogP contribution in [0.2, 0.25) is 25.7 Å². The molecule has 1 saturated heterocycles. The highest BCUT2D eigenvalue weighted by Gasteiger charge is 2.49. The Bertz CT molecular complexity index is 396. The lowest BCUT2D eigenvalue weighted by molar-refractivity contribution is 0.301. The molecule has 1 aromatic rings. The first kappa shape index (κ1) is 14.0. The maximum atomic E-state index is 6.21. The van der Waals surface area contributed by atoms with E-state index in [9.17, 15) is 0 Å². The molecule has 0 saturated carbocycles. The SMILES string of the molecule is CCO[Si]1(C)CCCN1[Si](C)(C)c1ccccc1. The molecule has 0 aliphatic carbocycles. The Labute approximate surface area is 113 Å². The summed E-state index contributed by atoms with van der Waals surface area (Å²) in [5, 5.41) is 1.53. The number of benzene rings is 1. The first-order chi connectivity index (χ1) is 8.50. The average Bonchev–Trinajstić information content (AvgIpc) is 2.73. The van der Waals surface area contributed by atoms with Crippen LogP contribution in [-0.4, -0.2) is 34.1 Å². The van der Waals surface area contributed by atoms with Crippen LogP contribution in [0.1, 0.15) is 13.3 Å². The second-order valence-corrected chi connectivity index (χ2v) is 14.1. The largest absolute Gasteiger partial charge is 0.404 e. The van der Waals surface area contributed by atoms with Crippen molar-refractivity contribution in [2.45, 2.75) is 39.0 Å². The van der Waals surface area contributed by atoms with Crippen molar-refractivity contribution in [3.05, 3.63) is 30.3 Å². The smallest absolute Gasteiger partial charge is 0.261 e. The Kier molecular flexibility index (Phi) is 4.11. The van der Waals surface area contributed by atoms with E-state index < -0.39 is 16.7 Å². The van der Waals surface area contributed by atoms with E-state index in [1.54, 1.807) is 0 Å². The number of hydrogen-bond donors (Lipinski definition) is 0. The Morgan fingerprint density at radius 1 is 1.28 bits per heavy atom. The summed E-state index contributed by atoms with van der Waals surface area (Å²) >= 11 is 0. The highest BCUT2D eigenvalue weighted by Crippen LogP contribution is 2.31. The summed E-state index contributed by atoms with van der Waals surface area (Å²) < 4.78 is 9.00. The predicted molar refractivity (Wildman–Crippen MR) is 82.9 cm³/mol. The molecule has 1 unspecified atom stereocenters. The number of rotatable bonds is 4. The van der Waals surface area contributed by atoms with E-state index in [1.807, 2.05) is 0 Å². The molecular formula is C14H25NOSi2. The Hall–Kier alpha value is -0.426. The summed E-state index contributed by atoms with van der Waals surface area (Å²) in [5.74, 6) is 0. The van der Waals surface area contributed by atoms with Gasteiger partial charge in [-0.3, -0.25) is 0 Å². The minimum absolute atomic E-state index is 0.860. The van der Waals surface area contributed by atoms with Gasteiger partial charge in [-0.15, -0.1) is 0 Å². The van der Waals surface area contributed by atoms with Gasteiger partial charge in [0.25, 0.3) is 8.48 Å². The summed E-state index contributed by atoms with van der Waals surface area (Å²) in [6.45, 7) is 11.6. The first-order valence-electron chi connectivity index (χ1n) is 6.98. The molecule has 1 aliphatic heterocycles. The van der Waals surface area contributed by atoms with E-state index in [0.717, 1.165) is 6.61 Å². The van der Waals surface area contributed by atoms with Crippen LogP contribution in [0.15, 0.2) is 30.3 Å². The maximum Gasteiger partial charge on any atom is 0.261 e. The minimum Gasteiger partial charge on any atom is -0.404 e. The fraction of sp³-hybridized carbons (Fsp3) is 0.571. The number of hydrogen-bond acceptors (Lipinski definition) is 2. The van der Waals surface area contributed by atoms with Gasteiger partial charge in [0.05, 0.1) is 0 Å². The van der Waals surface area contributed by atoms with Crippen molar-refractivity contribution in [2.75, 3.05) is 13.2 Å². The zero-order valence-electron chi connectivity index (χ0n) is 12.1. The third-order valence-corrected chi connectivity index (χ3v) is 14.2. The second kappa shape index (κ2) is 5.29. The quantitative estimate of drug-likeness (QED) is 0.786. The predicted octanol–water partition coefficient (Wildman–Crippen LogP) is 2.91. The molecule has 18 heavy (non-hydrogen) atoms. The highest BCUT2D eigenvalue weighted by atomic mass is 28.4. The molecule has 0 amide bonds. The van der Waals surface area contributed by atoms with Gasteiger partial charge in [-0.05, 0) is 37.7 Å². The lowest BCUT2D eigenvalue weighted by Crippen LogP contribution is -2.66. The van der Waals surface area contributed by atoms with E-state index >= 15 is 0 Å². The van der Waals surface area contributed by atoms with Gasteiger partial charge < -0.3 is 8.66 Å². The van der Waals surface area contributed by atoms with Crippen LogP contribution >= 0.6 is 0 Å². The summed E-state index contributed by atoms with van der Waals surface area (Å²) in [4.78, 5) is 0. The summed E-state index contributed by atoms with van der Waals surface area (Å²) in [6.07, 6.45) is 1.31. The third-order valence-electron chi connectivity index (χ3n) is 4.20. The molecule has 0 N–H and O–H groups in total. The minimum atomic E-state index is -1.64. The highest BCUT2D eigenvalue weighted by molar-refractivity contribution is 6.96. The average molecular weight is 280 g/mol. The summed E-state index contributed by atoms with van der Waals surface area (Å²) in [5.41, 5.74) is 0. The normalized spacial score (nSPS) is 25.6. The molecule has 0 spiro atoms. The molecule has 0 bridgehead atoms. The van der Waals surface area contributed by atoms with Gasteiger partial charge in [0.1, 0.15) is 8.24 Å². The number of nitrogens with zero attached hydrogens (tertiary/aromatic N) is 1. The van der Waals surface area contributed by atoms with Crippen molar-refractivity contribution >= 4 is 21.9 Å². The topological polar surface area (TPSA) is 12.5 Å². The summed E-state index contributed by atoms with van der Waals surface area (Å²) in [7, 11) is -3.19. The lowest BCUT2D eigenvalue weighted by Gasteiger charge is -2.43. The Balaban J connectivity index is 2.29. The zero-order chi connectivity index (χ0) is 13.2. The molecular weight excluding hydrogens is 254 g/mol. The van der Waals surface area contributed by atoms with Crippen LogP contribution in [0.3, 0.4) is 0 Å². The van der Waals surface area contributed by atoms with Crippen LogP contribution in [0.4, 0.5) is 0 Å². The van der Waals surface area contributed by atoms with Crippen LogP contribution in [0, 0.1) is 0 Å². The van der Waals surface area contributed by atoms with Crippen molar-refractivity contribution in [3.8, 4) is 0 Å². The van der Waals surface area contributed by atoms with Crippen LogP contribution in [-0.2, 0) is 4.43 Å². The Morgan fingerprint density at radius 3 is 2.56 bits per heavy atom. The van der Waals surface area contributed by atoms with E-state index in [1.165, 1.54) is 24.2 Å². The first-order valence-corrected chi connectivity index (χ1v) is 12.5. The van der Waals surface area contributed by atoms with E-state index in [0.29, 0.717) is 0 Å². The fourth-order valence-corrected chi connectivity index (χ4v) is 13.6. The molecule has 4 heteroatoms. The lowest BCUT2D eigenvalue weighted by atomic mass is 10.4. The van der Waals surface area contributed by atoms with E-state index in [-0.39, 0.29) is 0 Å². The van der Waals surface area contributed by atoms with Crippen LogP contribution < -0.4 is 5.19 Å². The summed E-state index contributed by atoms with van der Waals surface area (Å²) in [6, 6.07) is 12.3. The van der Waals surface area contributed by atoms with Crippen molar-refractivity contribution in [2.24, 2.45) is 0 Å². The van der Waals surface area contributed by atoms with Gasteiger partial charge >= 0.3 is 0 Å². The van der Waals surface area contributed by atoms with Gasteiger partial charge in [0.15, 0.2) is 0 Å². The molecule has 1 heterocycles. The molecule has 0 radical (unpaired) electrons. The molecule has 1 fully saturated rings. The molecule has 2 nitrogen and oxygen atoms in total. The molecule has 1 aliphatic rings. The van der Waals surface area contributed by atoms with Gasteiger partial charge in [0, 0.05) is 6.61 Å². The van der Waals surface area contributed by atoms with Crippen LogP contribution in [0.5, 0.6) is 0 Å². The van der Waals surface area contributed by atoms with Crippen molar-refractivity contribution < 1.29 is 4.43 Å². The van der Waals surface area contributed by atoms with E-state index in [2.05, 4.69) is 61.1 Å². The fourth-order valence-electron chi connectivity index (χ4n) is 3.27. The standard InChI is InChI=1S/C14H25NOSi2/c1-5-16-18(4)13-9-12-15(18)17(2,3)14-10-7-6-8-11-14/h6-8,10-11H,5,9,12-13H2,1-4H3. The maximum absolute atomic E-state index is 6.21. The van der Waals surface area contributed by atoms with Crippen molar-refractivity contribution in [3.63, 3.8) is 0 Å². The van der Waals surface area contributed by atoms with E-state index in [4.69, 9.17) is 4.43 Å². The van der Waals surface area contributed by atoms with Gasteiger partial charge in [-0.2, -0.15) is 0 Å². The molecule has 1 atom stereocenters. The molecule has 0 aromatic heterocycles. The Morgan fingerprint density at radius 2 is 1.94 bits per heavy atom. The zero-order valence-corrected chi connectivity index (χ0v) is 14.1.